The van der Waals surface area contributed by atoms with Crippen molar-refractivity contribution in [2.75, 3.05) is 27.1 Å². The molecule has 0 amide bonds. The van der Waals surface area contributed by atoms with Gasteiger partial charge in [0.25, 0.3) is 13.9 Å². The molecular weight excluding hydrogens is 530 g/mol. The van der Waals surface area contributed by atoms with Gasteiger partial charge in [-0.25, -0.2) is 0 Å². The van der Waals surface area contributed by atoms with Gasteiger partial charge in [0.05, 0.1) is 6.61 Å². The summed E-state index contributed by atoms with van der Waals surface area (Å²) in [5.41, 5.74) is 2.40. The first-order valence-corrected chi connectivity index (χ1v) is 16.0. The molecule has 4 aromatic rings. The predicted molar refractivity (Wildman–Crippen MR) is 164 cm³/mol. The van der Waals surface area contributed by atoms with Gasteiger partial charge in [0.2, 0.25) is 0 Å². The van der Waals surface area contributed by atoms with Gasteiger partial charge >= 0.3 is 0 Å². The predicted octanol–water partition coefficient (Wildman–Crippen LogP) is 5.59. The molecule has 0 saturated heterocycles. The van der Waals surface area contributed by atoms with Crippen molar-refractivity contribution in [2.45, 2.75) is 45.3 Å². The first-order chi connectivity index (χ1) is 19.9. The summed E-state index contributed by atoms with van der Waals surface area (Å²) in [6, 6.07) is 35.3. The maximum atomic E-state index is 7.05. The smallest absolute Gasteiger partial charge is 0.261 e. The Morgan fingerprint density at radius 3 is 1.93 bits per heavy atom. The van der Waals surface area contributed by atoms with Crippen molar-refractivity contribution >= 4 is 18.7 Å². The maximum Gasteiger partial charge on any atom is 0.261 e. The van der Waals surface area contributed by atoms with E-state index < -0.39 is 8.32 Å². The summed E-state index contributed by atoms with van der Waals surface area (Å²) >= 11 is 0. The minimum absolute atomic E-state index is 0.0926. The van der Waals surface area contributed by atoms with Gasteiger partial charge in [-0.15, -0.1) is 0 Å². The molecule has 0 aliphatic carbocycles. The summed E-state index contributed by atoms with van der Waals surface area (Å²) in [5, 5.41) is 6.79. The van der Waals surface area contributed by atoms with Crippen LogP contribution in [0.25, 0.3) is 0 Å². The zero-order chi connectivity index (χ0) is 29.0. The Labute approximate surface area is 244 Å². The van der Waals surface area contributed by atoms with Gasteiger partial charge in [-0.1, -0.05) is 118 Å². The van der Waals surface area contributed by atoms with Crippen LogP contribution in [0.1, 0.15) is 37.7 Å². The topological polar surface area (TPSA) is 62.4 Å². The molecule has 6 nitrogen and oxygen atoms in total. The zero-order valence-corrected chi connectivity index (χ0v) is 25.5. The van der Waals surface area contributed by atoms with Crippen molar-refractivity contribution in [1.29, 1.82) is 0 Å². The number of rotatable bonds is 14. The third-order valence-corrected chi connectivity index (χ3v) is 12.0. The minimum atomic E-state index is -2.63. The Bertz CT molecular complexity index is 1350. The molecule has 1 heterocycles. The molecule has 216 valence electrons. The molecule has 0 fully saturated rings. The summed E-state index contributed by atoms with van der Waals surface area (Å²) in [5.74, 6) is 0.784. The van der Waals surface area contributed by atoms with Crippen LogP contribution in [0.5, 0.6) is 0 Å². The summed E-state index contributed by atoms with van der Waals surface area (Å²) in [7, 11) is -1.02. The van der Waals surface area contributed by atoms with Gasteiger partial charge in [0.15, 0.2) is 0 Å². The molecule has 0 saturated carbocycles. The summed E-state index contributed by atoms with van der Waals surface area (Å²) in [6.45, 7) is 8.45. The van der Waals surface area contributed by atoms with E-state index in [1.807, 2.05) is 42.5 Å². The van der Waals surface area contributed by atoms with Crippen LogP contribution < -0.4 is 15.9 Å². The van der Waals surface area contributed by atoms with E-state index in [1.165, 1.54) is 10.4 Å². The van der Waals surface area contributed by atoms with Crippen LogP contribution in [-0.2, 0) is 38.2 Å². The highest BCUT2D eigenvalue weighted by Crippen LogP contribution is 2.36. The van der Waals surface area contributed by atoms with Crippen LogP contribution in [0.3, 0.4) is 0 Å². The Morgan fingerprint density at radius 1 is 0.732 bits per heavy atom. The van der Waals surface area contributed by atoms with Gasteiger partial charge in [-0.2, -0.15) is 0 Å². The third-order valence-electron chi connectivity index (χ3n) is 7.00. The second-order valence-electron chi connectivity index (χ2n) is 10.9. The SMILES string of the molecule is COCOCCc1ccc(CCO[Si](c2ccccc2)(c2ccccc2)C(C)(C)C)o/c1=N/OCc1ccccc1. The van der Waals surface area contributed by atoms with Crippen molar-refractivity contribution in [1.82, 2.24) is 0 Å². The highest BCUT2D eigenvalue weighted by Gasteiger charge is 2.50. The molecule has 0 N–H and O–H groups in total. The molecule has 0 atom stereocenters. The quantitative estimate of drug-likeness (QED) is 0.0854. The van der Waals surface area contributed by atoms with Crippen molar-refractivity contribution < 1.29 is 23.2 Å². The van der Waals surface area contributed by atoms with E-state index >= 15 is 0 Å². The van der Waals surface area contributed by atoms with Gasteiger partial charge < -0.3 is 23.2 Å². The Morgan fingerprint density at radius 2 is 1.34 bits per heavy atom. The van der Waals surface area contributed by atoms with E-state index in [1.54, 1.807) is 7.11 Å². The van der Waals surface area contributed by atoms with Crippen LogP contribution >= 0.6 is 0 Å². The van der Waals surface area contributed by atoms with Gasteiger partial charge in [-0.3, -0.25) is 0 Å². The van der Waals surface area contributed by atoms with Crippen molar-refractivity contribution in [2.24, 2.45) is 5.16 Å². The van der Waals surface area contributed by atoms with E-state index in [4.69, 9.17) is 23.2 Å². The van der Waals surface area contributed by atoms with Crippen molar-refractivity contribution in [3.8, 4) is 0 Å². The first kappa shape index (κ1) is 30.5. The fourth-order valence-electron chi connectivity index (χ4n) is 5.02. The van der Waals surface area contributed by atoms with Crippen LogP contribution in [0, 0.1) is 0 Å². The molecular formula is C34H41NO5Si. The lowest BCUT2D eigenvalue weighted by Crippen LogP contribution is -2.66. The highest BCUT2D eigenvalue weighted by molar-refractivity contribution is 6.99. The lowest BCUT2D eigenvalue weighted by Gasteiger charge is -2.43. The number of methoxy groups -OCH3 is 1. The van der Waals surface area contributed by atoms with Gasteiger partial charge in [0.1, 0.15) is 19.2 Å². The lowest BCUT2D eigenvalue weighted by atomic mass is 10.2. The largest absolute Gasteiger partial charge is 0.441 e. The summed E-state index contributed by atoms with van der Waals surface area (Å²) in [4.78, 5) is 5.69. The molecule has 3 aromatic carbocycles. The maximum absolute atomic E-state index is 7.05. The van der Waals surface area contributed by atoms with E-state index in [-0.39, 0.29) is 11.8 Å². The number of nitrogens with zero attached hydrogens (tertiary/aromatic N) is 1. The van der Waals surface area contributed by atoms with E-state index in [0.717, 1.165) is 16.9 Å². The summed E-state index contributed by atoms with van der Waals surface area (Å²) < 4.78 is 23.8. The Hall–Kier alpha value is -3.49. The molecule has 7 heteroatoms. The molecule has 0 aliphatic heterocycles. The normalized spacial score (nSPS) is 12.4. The Kier molecular flexibility index (Phi) is 11.1. The molecule has 0 spiro atoms. The number of ether oxygens (including phenoxy) is 2. The van der Waals surface area contributed by atoms with E-state index in [9.17, 15) is 0 Å². The molecule has 1 aromatic heterocycles. The van der Waals surface area contributed by atoms with Gasteiger partial charge in [0, 0.05) is 32.1 Å². The number of hydrogen-bond acceptors (Lipinski definition) is 6. The molecule has 0 aliphatic rings. The van der Waals surface area contributed by atoms with Crippen LogP contribution in [0.15, 0.2) is 113 Å². The van der Waals surface area contributed by atoms with Crippen molar-refractivity contribution in [3.63, 3.8) is 0 Å². The minimum Gasteiger partial charge on any atom is -0.441 e. The first-order valence-electron chi connectivity index (χ1n) is 14.1. The fraction of sp³-hybridized carbons (Fsp3) is 0.324. The third kappa shape index (κ3) is 8.05. The average molecular weight is 572 g/mol. The molecule has 0 unspecified atom stereocenters. The molecule has 0 radical (unpaired) electrons. The van der Waals surface area contributed by atoms with E-state index in [2.05, 4.69) is 86.6 Å². The Balaban J connectivity index is 1.57. The second kappa shape index (κ2) is 14.9. The number of benzene rings is 3. The lowest BCUT2D eigenvalue weighted by molar-refractivity contribution is -0.0294. The molecule has 41 heavy (non-hydrogen) atoms. The van der Waals surface area contributed by atoms with Crippen LogP contribution in [0.4, 0.5) is 0 Å². The second-order valence-corrected chi connectivity index (χ2v) is 15.2. The van der Waals surface area contributed by atoms with Crippen LogP contribution in [0.2, 0.25) is 5.04 Å². The van der Waals surface area contributed by atoms with Gasteiger partial charge in [-0.05, 0) is 32.2 Å². The van der Waals surface area contributed by atoms with Crippen molar-refractivity contribution in [3.05, 3.63) is 126 Å². The standard InChI is InChI=1S/C34H41NO5Si/c1-34(2,3)41(31-16-10-6-11-17-31,32-18-12-7-13-19-32)39-25-23-30-21-20-29(22-24-37-27-36-4)33(40-30)35-38-26-28-14-8-5-9-15-28/h5-21H,22-27H2,1-4H3/b35-33+. The van der Waals surface area contributed by atoms with E-state index in [0.29, 0.717) is 38.2 Å². The number of hydrogen-bond donors (Lipinski definition) is 0. The summed E-state index contributed by atoms with van der Waals surface area (Å²) in [6.07, 6.45) is 1.23. The molecule has 0 bridgehead atoms. The highest BCUT2D eigenvalue weighted by atomic mass is 28.4. The fourth-order valence-corrected chi connectivity index (χ4v) is 9.58. The monoisotopic (exact) mass is 571 g/mol. The average Bonchev–Trinajstić information content (AvgIpc) is 2.99. The zero-order valence-electron chi connectivity index (χ0n) is 24.5. The molecule has 4 rings (SSSR count). The van der Waals surface area contributed by atoms with Crippen LogP contribution in [-0.4, -0.2) is 35.4 Å².